The topological polar surface area (TPSA) is 108 Å². The number of anilines is 2. The largest absolute Gasteiger partial charge is 0.466 e. The maximum absolute atomic E-state index is 13.1. The predicted molar refractivity (Wildman–Crippen MR) is 96.3 cm³/mol. The summed E-state index contributed by atoms with van der Waals surface area (Å²) in [4.78, 5) is 21.7. The number of aromatic nitrogens is 4. The Morgan fingerprint density at radius 1 is 1.28 bits per heavy atom. The zero-order valence-corrected chi connectivity index (χ0v) is 15.9. The van der Waals surface area contributed by atoms with Crippen molar-refractivity contribution in [3.8, 4) is 11.8 Å². The van der Waals surface area contributed by atoms with Gasteiger partial charge < -0.3 is 20.1 Å². The second-order valence-electron chi connectivity index (χ2n) is 6.55. The van der Waals surface area contributed by atoms with Crippen LogP contribution in [0.4, 0.5) is 24.7 Å². The normalized spacial score (nSPS) is 15.4. The zero-order chi connectivity index (χ0) is 21.2. The molecule has 0 amide bonds. The van der Waals surface area contributed by atoms with Crippen LogP contribution in [-0.4, -0.2) is 45.4 Å². The van der Waals surface area contributed by atoms with Gasteiger partial charge in [-0.25, -0.2) is 4.98 Å². The Labute approximate surface area is 164 Å². The maximum Gasteiger partial charge on any atom is 0.423 e. The van der Waals surface area contributed by atoms with Gasteiger partial charge in [0.15, 0.2) is 5.82 Å². The predicted octanol–water partition coefficient (Wildman–Crippen LogP) is 2.38. The van der Waals surface area contributed by atoms with Crippen LogP contribution in [0, 0.1) is 5.92 Å². The molecule has 2 aromatic heterocycles. The van der Waals surface area contributed by atoms with Gasteiger partial charge in [0.1, 0.15) is 17.6 Å². The molecule has 0 aromatic carbocycles. The Balaban J connectivity index is 1.77. The van der Waals surface area contributed by atoms with Crippen molar-refractivity contribution in [2.24, 2.45) is 13.0 Å². The van der Waals surface area contributed by atoms with Crippen LogP contribution < -0.4 is 15.4 Å². The van der Waals surface area contributed by atoms with Crippen molar-refractivity contribution in [3.63, 3.8) is 0 Å². The summed E-state index contributed by atoms with van der Waals surface area (Å²) in [7, 11) is 1.35. The number of nitrogen functional groups attached to an aromatic ring is 1. The molecule has 158 valence electrons. The number of esters is 1. The second-order valence-corrected chi connectivity index (χ2v) is 6.55. The molecule has 0 bridgehead atoms. The van der Waals surface area contributed by atoms with Crippen molar-refractivity contribution in [3.05, 3.63) is 18.1 Å². The van der Waals surface area contributed by atoms with Crippen LogP contribution in [0.2, 0.25) is 0 Å². The Bertz CT molecular complexity index is 878. The van der Waals surface area contributed by atoms with Crippen molar-refractivity contribution in [1.29, 1.82) is 0 Å². The maximum atomic E-state index is 13.1. The number of carbonyl (C=O) groups is 1. The number of ether oxygens (including phenoxy) is 2. The lowest BCUT2D eigenvalue weighted by Gasteiger charge is -2.32. The van der Waals surface area contributed by atoms with Gasteiger partial charge >= 0.3 is 12.1 Å². The van der Waals surface area contributed by atoms with Gasteiger partial charge in [0, 0.05) is 26.3 Å². The average Bonchev–Trinajstić information content (AvgIpc) is 3.04. The van der Waals surface area contributed by atoms with E-state index >= 15 is 0 Å². The highest BCUT2D eigenvalue weighted by Crippen LogP contribution is 2.39. The Hall–Kier alpha value is -3.05. The zero-order valence-electron chi connectivity index (χ0n) is 15.9. The summed E-state index contributed by atoms with van der Waals surface area (Å²) in [6, 6.07) is 0. The van der Waals surface area contributed by atoms with Crippen molar-refractivity contribution in [2.75, 3.05) is 30.3 Å². The number of nitrogens with zero attached hydrogens (tertiary/aromatic N) is 5. The molecule has 1 aliphatic heterocycles. The molecule has 3 rings (SSSR count). The molecule has 0 aliphatic carbocycles. The second kappa shape index (κ2) is 8.13. The number of piperidine rings is 1. The molecular weight excluding hydrogens is 393 g/mol. The fraction of sp³-hybridized carbons (Fsp3) is 0.529. The smallest absolute Gasteiger partial charge is 0.423 e. The Kier molecular flexibility index (Phi) is 5.80. The number of halogens is 3. The third-order valence-electron chi connectivity index (χ3n) is 4.53. The fourth-order valence-electron chi connectivity index (χ4n) is 3.12. The molecule has 1 aliphatic rings. The quantitative estimate of drug-likeness (QED) is 0.743. The molecule has 0 radical (unpaired) electrons. The van der Waals surface area contributed by atoms with Crippen LogP contribution in [0.25, 0.3) is 0 Å². The number of hydrogen-bond acceptors (Lipinski definition) is 8. The van der Waals surface area contributed by atoms with E-state index in [2.05, 4.69) is 15.1 Å². The van der Waals surface area contributed by atoms with E-state index in [-0.39, 0.29) is 23.5 Å². The SMILES string of the molecule is CCOC(=O)C1CCN(c2ncnc(Oc3nn(C)cc3C(F)(F)F)c2N)CC1. The molecule has 0 spiro atoms. The van der Waals surface area contributed by atoms with Crippen LogP contribution in [-0.2, 0) is 22.8 Å². The minimum absolute atomic E-state index is 0.000798. The van der Waals surface area contributed by atoms with Crippen molar-refractivity contribution in [1.82, 2.24) is 19.7 Å². The number of carbonyl (C=O) groups excluding carboxylic acids is 1. The van der Waals surface area contributed by atoms with Crippen LogP contribution in [0.3, 0.4) is 0 Å². The highest BCUT2D eigenvalue weighted by molar-refractivity contribution is 5.73. The Morgan fingerprint density at radius 3 is 2.59 bits per heavy atom. The van der Waals surface area contributed by atoms with Crippen molar-refractivity contribution >= 4 is 17.5 Å². The van der Waals surface area contributed by atoms with E-state index in [0.717, 1.165) is 17.2 Å². The van der Waals surface area contributed by atoms with Gasteiger partial charge in [0.2, 0.25) is 5.88 Å². The first-order valence-corrected chi connectivity index (χ1v) is 9.01. The first kappa shape index (κ1) is 20.7. The molecule has 0 atom stereocenters. The third-order valence-corrected chi connectivity index (χ3v) is 4.53. The standard InChI is InChI=1S/C17H21F3N6O3/c1-3-28-16(27)10-4-6-26(7-5-10)13-12(21)15(23-9-22-13)29-14-11(17(18,19)20)8-25(2)24-14/h8-10H,3-7,21H2,1-2H3. The van der Waals surface area contributed by atoms with Crippen molar-refractivity contribution < 1.29 is 27.4 Å². The van der Waals surface area contributed by atoms with Crippen molar-refractivity contribution in [2.45, 2.75) is 25.9 Å². The van der Waals surface area contributed by atoms with E-state index in [1.54, 1.807) is 6.92 Å². The summed E-state index contributed by atoms with van der Waals surface area (Å²) in [6.45, 7) is 3.05. The number of rotatable bonds is 5. The Morgan fingerprint density at radius 2 is 1.97 bits per heavy atom. The molecule has 0 unspecified atom stereocenters. The van der Waals surface area contributed by atoms with Gasteiger partial charge in [0.05, 0.1) is 12.5 Å². The summed E-state index contributed by atoms with van der Waals surface area (Å²) in [5, 5.41) is 3.70. The first-order valence-electron chi connectivity index (χ1n) is 9.01. The molecule has 12 heteroatoms. The summed E-state index contributed by atoms with van der Waals surface area (Å²) in [5.41, 5.74) is 5.04. The lowest BCUT2D eigenvalue weighted by Crippen LogP contribution is -2.37. The molecule has 1 saturated heterocycles. The highest BCUT2D eigenvalue weighted by Gasteiger charge is 2.38. The summed E-state index contributed by atoms with van der Waals surface area (Å²) < 4.78 is 50.8. The van der Waals surface area contributed by atoms with Gasteiger partial charge in [-0.15, -0.1) is 5.10 Å². The van der Waals surface area contributed by atoms with E-state index in [4.69, 9.17) is 15.2 Å². The van der Waals surface area contributed by atoms with E-state index in [1.807, 2.05) is 4.90 Å². The fourth-order valence-corrected chi connectivity index (χ4v) is 3.12. The van der Waals surface area contributed by atoms with E-state index in [0.29, 0.717) is 38.4 Å². The number of nitrogens with two attached hydrogens (primary N) is 1. The number of alkyl halides is 3. The first-order chi connectivity index (χ1) is 13.7. The highest BCUT2D eigenvalue weighted by atomic mass is 19.4. The van der Waals surface area contributed by atoms with E-state index in [9.17, 15) is 18.0 Å². The molecule has 29 heavy (non-hydrogen) atoms. The number of hydrogen-bond donors (Lipinski definition) is 1. The van der Waals surface area contributed by atoms with Crippen LogP contribution in [0.15, 0.2) is 12.5 Å². The summed E-state index contributed by atoms with van der Waals surface area (Å²) in [5.74, 6) is -0.958. The van der Waals surface area contributed by atoms with Crippen LogP contribution in [0.5, 0.6) is 11.8 Å². The molecule has 0 saturated carbocycles. The summed E-state index contributed by atoms with van der Waals surface area (Å²) in [6.07, 6.45) is -1.56. The molecule has 2 aromatic rings. The number of aryl methyl sites for hydroxylation is 1. The summed E-state index contributed by atoms with van der Waals surface area (Å²) >= 11 is 0. The monoisotopic (exact) mass is 414 g/mol. The van der Waals surface area contributed by atoms with Gasteiger partial charge in [-0.05, 0) is 19.8 Å². The van der Waals surface area contributed by atoms with Gasteiger partial charge in [-0.2, -0.15) is 18.2 Å². The molecule has 2 N–H and O–H groups in total. The van der Waals surface area contributed by atoms with Gasteiger partial charge in [-0.3, -0.25) is 9.48 Å². The van der Waals surface area contributed by atoms with Gasteiger partial charge in [-0.1, -0.05) is 0 Å². The van der Waals surface area contributed by atoms with E-state index in [1.165, 1.54) is 7.05 Å². The van der Waals surface area contributed by atoms with E-state index < -0.39 is 17.6 Å². The lowest BCUT2D eigenvalue weighted by molar-refractivity contribution is -0.148. The molecular formula is C17H21F3N6O3. The molecule has 3 heterocycles. The minimum Gasteiger partial charge on any atom is -0.466 e. The lowest BCUT2D eigenvalue weighted by atomic mass is 9.97. The molecule has 9 nitrogen and oxygen atoms in total. The van der Waals surface area contributed by atoms with Crippen LogP contribution >= 0.6 is 0 Å². The van der Waals surface area contributed by atoms with Gasteiger partial charge in [0.25, 0.3) is 5.88 Å². The average molecular weight is 414 g/mol. The minimum atomic E-state index is -4.64. The molecule has 1 fully saturated rings. The third kappa shape index (κ3) is 4.51. The van der Waals surface area contributed by atoms with Crippen LogP contribution in [0.1, 0.15) is 25.3 Å².